The second kappa shape index (κ2) is 9.20. The maximum Gasteiger partial charge on any atom is 0.214 e. The zero-order chi connectivity index (χ0) is 22.7. The molecule has 4 aromatic heterocycles. The fourth-order valence-electron chi connectivity index (χ4n) is 4.10. The highest BCUT2D eigenvalue weighted by atomic mass is 32.1. The first-order valence-corrected chi connectivity index (χ1v) is 12.0. The van der Waals surface area contributed by atoms with Crippen LogP contribution in [-0.2, 0) is 4.74 Å². The Morgan fingerprint density at radius 1 is 1.00 bits per heavy atom. The summed E-state index contributed by atoms with van der Waals surface area (Å²) in [6.07, 6.45) is 7.69. The van der Waals surface area contributed by atoms with Gasteiger partial charge in [0.2, 0.25) is 11.0 Å². The zero-order valence-electron chi connectivity index (χ0n) is 18.3. The van der Waals surface area contributed by atoms with E-state index in [1.807, 2.05) is 30.5 Å². The highest BCUT2D eigenvalue weighted by Crippen LogP contribution is 2.29. The predicted octanol–water partition coefficient (Wildman–Crippen LogP) is 5.22. The average Bonchev–Trinajstić information content (AvgIpc) is 3.54. The summed E-state index contributed by atoms with van der Waals surface area (Å²) >= 11 is 1.46. The Hall–Kier alpha value is -3.82. The summed E-state index contributed by atoms with van der Waals surface area (Å²) in [6, 6.07) is 16.4. The van der Waals surface area contributed by atoms with Crippen LogP contribution in [0.4, 0.5) is 10.8 Å². The van der Waals surface area contributed by atoms with Gasteiger partial charge in [-0.05, 0) is 41.5 Å². The van der Waals surface area contributed by atoms with E-state index in [1.54, 1.807) is 11.7 Å². The van der Waals surface area contributed by atoms with Crippen LogP contribution in [-0.4, -0.2) is 43.9 Å². The molecule has 170 valence electrons. The Balaban J connectivity index is 1.26. The standard InChI is InChI=1S/C25H22N6O2S/c1-2-19(12-20(3-1)29-25-30-28-16-34-25)22-15-27-23-13-18(5-9-31(22)23)17-4-8-26-24(14-17)33-21-6-10-32-11-7-21/h1-5,8-9,12-16,21H,6-7,10-11H2,(H,29,30). The Labute approximate surface area is 200 Å². The van der Waals surface area contributed by atoms with Crippen LogP contribution < -0.4 is 10.1 Å². The minimum absolute atomic E-state index is 0.158. The molecule has 0 unspecified atom stereocenters. The van der Waals surface area contributed by atoms with E-state index in [1.165, 1.54) is 11.3 Å². The van der Waals surface area contributed by atoms with E-state index in [0.29, 0.717) is 5.88 Å². The molecule has 1 fully saturated rings. The molecule has 0 saturated carbocycles. The van der Waals surface area contributed by atoms with Gasteiger partial charge in [-0.3, -0.25) is 4.40 Å². The van der Waals surface area contributed by atoms with Crippen molar-refractivity contribution in [3.63, 3.8) is 0 Å². The molecule has 0 atom stereocenters. The first-order valence-electron chi connectivity index (χ1n) is 11.1. The molecule has 1 aromatic carbocycles. The minimum atomic E-state index is 0.158. The third-order valence-corrected chi connectivity index (χ3v) is 6.41. The smallest absolute Gasteiger partial charge is 0.214 e. The molecule has 5 aromatic rings. The van der Waals surface area contributed by atoms with Gasteiger partial charge < -0.3 is 14.8 Å². The number of hydrogen-bond acceptors (Lipinski definition) is 8. The number of nitrogens with one attached hydrogen (secondary N) is 1. The van der Waals surface area contributed by atoms with Crippen molar-refractivity contribution in [2.24, 2.45) is 0 Å². The van der Waals surface area contributed by atoms with E-state index in [2.05, 4.69) is 60.3 Å². The van der Waals surface area contributed by atoms with Crippen LogP contribution in [0.5, 0.6) is 5.88 Å². The number of pyridine rings is 2. The monoisotopic (exact) mass is 470 g/mol. The maximum absolute atomic E-state index is 6.09. The van der Waals surface area contributed by atoms with Crippen molar-refractivity contribution in [1.29, 1.82) is 0 Å². The number of nitrogens with zero attached hydrogens (tertiary/aromatic N) is 5. The molecular formula is C25H22N6O2S. The molecule has 6 rings (SSSR count). The van der Waals surface area contributed by atoms with Crippen molar-refractivity contribution in [2.75, 3.05) is 18.5 Å². The molecule has 0 bridgehead atoms. The number of hydrogen-bond donors (Lipinski definition) is 1. The van der Waals surface area contributed by atoms with Crippen LogP contribution in [0, 0.1) is 0 Å². The zero-order valence-corrected chi connectivity index (χ0v) is 19.1. The topological polar surface area (TPSA) is 86.5 Å². The van der Waals surface area contributed by atoms with Crippen LogP contribution in [0.2, 0.25) is 0 Å². The Kier molecular flexibility index (Phi) is 5.62. The number of fused-ring (bicyclic) bond motifs is 1. The van der Waals surface area contributed by atoms with Crippen LogP contribution in [0.25, 0.3) is 28.0 Å². The molecular weight excluding hydrogens is 448 g/mol. The summed E-state index contributed by atoms with van der Waals surface area (Å²) < 4.78 is 13.6. The van der Waals surface area contributed by atoms with Crippen molar-refractivity contribution < 1.29 is 9.47 Å². The van der Waals surface area contributed by atoms with E-state index in [-0.39, 0.29) is 6.10 Å². The van der Waals surface area contributed by atoms with Crippen molar-refractivity contribution in [2.45, 2.75) is 18.9 Å². The van der Waals surface area contributed by atoms with Gasteiger partial charge in [0.25, 0.3) is 0 Å². The van der Waals surface area contributed by atoms with Crippen molar-refractivity contribution in [1.82, 2.24) is 24.6 Å². The molecule has 1 aliphatic rings. The molecule has 5 heterocycles. The Morgan fingerprint density at radius 2 is 1.91 bits per heavy atom. The number of imidazole rings is 1. The average molecular weight is 471 g/mol. The molecule has 1 saturated heterocycles. The molecule has 0 aliphatic carbocycles. The van der Waals surface area contributed by atoms with Crippen molar-refractivity contribution >= 4 is 27.8 Å². The first-order chi connectivity index (χ1) is 16.8. The van der Waals surface area contributed by atoms with Crippen LogP contribution in [0.15, 0.2) is 72.6 Å². The number of rotatable bonds is 6. The lowest BCUT2D eigenvalue weighted by Crippen LogP contribution is -2.26. The summed E-state index contributed by atoms with van der Waals surface area (Å²) in [7, 11) is 0. The number of benzene rings is 1. The third kappa shape index (κ3) is 4.35. The van der Waals surface area contributed by atoms with E-state index in [9.17, 15) is 0 Å². The molecule has 9 heteroatoms. The number of aromatic nitrogens is 5. The van der Waals surface area contributed by atoms with Crippen LogP contribution >= 0.6 is 11.3 Å². The highest BCUT2D eigenvalue weighted by molar-refractivity contribution is 7.13. The second-order valence-electron chi connectivity index (χ2n) is 8.05. The normalized spacial score (nSPS) is 14.4. The van der Waals surface area contributed by atoms with Crippen molar-refractivity contribution in [3.8, 4) is 28.3 Å². The van der Waals surface area contributed by atoms with Gasteiger partial charge in [0.1, 0.15) is 17.3 Å². The van der Waals surface area contributed by atoms with Gasteiger partial charge in [0.05, 0.1) is 25.1 Å². The Morgan fingerprint density at radius 3 is 2.79 bits per heavy atom. The van der Waals surface area contributed by atoms with Crippen LogP contribution in [0.1, 0.15) is 12.8 Å². The summed E-state index contributed by atoms with van der Waals surface area (Å²) in [5, 5.41) is 12.0. The van der Waals surface area contributed by atoms with Crippen LogP contribution in [0.3, 0.4) is 0 Å². The fraction of sp³-hybridized carbons (Fsp3) is 0.200. The molecule has 1 aliphatic heterocycles. The van der Waals surface area contributed by atoms with E-state index in [4.69, 9.17) is 9.47 Å². The predicted molar refractivity (Wildman–Crippen MR) is 132 cm³/mol. The molecule has 34 heavy (non-hydrogen) atoms. The number of ether oxygens (including phenoxy) is 2. The van der Waals surface area contributed by atoms with E-state index < -0.39 is 0 Å². The van der Waals surface area contributed by atoms with E-state index in [0.717, 1.165) is 64.9 Å². The van der Waals surface area contributed by atoms with E-state index >= 15 is 0 Å². The maximum atomic E-state index is 6.09. The lowest BCUT2D eigenvalue weighted by Gasteiger charge is -2.22. The Bertz CT molecular complexity index is 1410. The van der Waals surface area contributed by atoms with Gasteiger partial charge in [-0.1, -0.05) is 23.5 Å². The molecule has 8 nitrogen and oxygen atoms in total. The molecule has 1 N–H and O–H groups in total. The van der Waals surface area contributed by atoms with Gasteiger partial charge >= 0.3 is 0 Å². The molecule has 0 amide bonds. The lowest BCUT2D eigenvalue weighted by molar-refractivity contribution is 0.0237. The summed E-state index contributed by atoms with van der Waals surface area (Å²) in [6.45, 7) is 1.48. The first kappa shape index (κ1) is 20.8. The second-order valence-corrected chi connectivity index (χ2v) is 8.88. The van der Waals surface area contributed by atoms with Gasteiger partial charge in [-0.2, -0.15) is 0 Å². The van der Waals surface area contributed by atoms with Crippen molar-refractivity contribution in [3.05, 3.63) is 72.6 Å². The molecule has 0 spiro atoms. The largest absolute Gasteiger partial charge is 0.474 e. The highest BCUT2D eigenvalue weighted by Gasteiger charge is 2.16. The van der Waals surface area contributed by atoms with Gasteiger partial charge in [0.15, 0.2) is 0 Å². The molecule has 0 radical (unpaired) electrons. The van der Waals surface area contributed by atoms with Gasteiger partial charge in [-0.25, -0.2) is 9.97 Å². The fourth-order valence-corrected chi connectivity index (χ4v) is 4.56. The summed E-state index contributed by atoms with van der Waals surface area (Å²) in [5.74, 6) is 0.646. The minimum Gasteiger partial charge on any atom is -0.474 e. The quantitative estimate of drug-likeness (QED) is 0.364. The van der Waals surface area contributed by atoms with Gasteiger partial charge in [0, 0.05) is 42.6 Å². The lowest BCUT2D eigenvalue weighted by atomic mass is 10.1. The number of anilines is 2. The summed E-state index contributed by atoms with van der Waals surface area (Å²) in [5.41, 5.74) is 7.72. The van der Waals surface area contributed by atoms with Gasteiger partial charge in [-0.15, -0.1) is 10.2 Å². The third-order valence-electron chi connectivity index (χ3n) is 5.81. The SMILES string of the molecule is c1cc(Nc2nncs2)cc(-c2cnc3cc(-c4ccnc(OC5CCOCC5)c4)ccn23)c1. The summed E-state index contributed by atoms with van der Waals surface area (Å²) in [4.78, 5) is 9.07.